The Morgan fingerprint density at radius 2 is 2.26 bits per heavy atom. The predicted octanol–water partition coefficient (Wildman–Crippen LogP) is 1.22. The molecule has 0 spiro atoms. The van der Waals surface area contributed by atoms with E-state index < -0.39 is 6.04 Å². The van der Waals surface area contributed by atoms with E-state index in [2.05, 4.69) is 10.3 Å². The third-order valence-corrected chi connectivity index (χ3v) is 3.51. The molecule has 2 heterocycles. The van der Waals surface area contributed by atoms with Crippen LogP contribution in [0.1, 0.15) is 19.4 Å². The summed E-state index contributed by atoms with van der Waals surface area (Å²) in [5, 5.41) is 3.12. The Kier molecular flexibility index (Phi) is 4.04. The van der Waals surface area contributed by atoms with Crippen molar-refractivity contribution in [2.45, 2.75) is 26.4 Å². The highest BCUT2D eigenvalue weighted by Gasteiger charge is 2.36. The molecule has 1 aromatic rings. The van der Waals surface area contributed by atoms with Gasteiger partial charge in [-0.3, -0.25) is 14.6 Å². The third kappa shape index (κ3) is 2.87. The van der Waals surface area contributed by atoms with E-state index in [0.717, 1.165) is 5.56 Å². The van der Waals surface area contributed by atoms with E-state index >= 15 is 0 Å². The summed E-state index contributed by atoms with van der Waals surface area (Å²) in [7, 11) is 0. The Morgan fingerprint density at radius 3 is 2.89 bits per heavy atom. The van der Waals surface area contributed by atoms with Gasteiger partial charge in [-0.2, -0.15) is 0 Å². The highest BCUT2D eigenvalue weighted by atomic mass is 35.5. The van der Waals surface area contributed by atoms with E-state index in [1.165, 1.54) is 6.20 Å². The molecule has 1 fully saturated rings. The topological polar surface area (TPSA) is 62.3 Å². The molecular weight excluding hydrogens is 266 g/mol. The number of nitrogens with one attached hydrogen (secondary N) is 1. The SMILES string of the molecule is CC(C)C1C(=O)NCC(=O)N1Cc1ccncc1Cl. The molecule has 5 nitrogen and oxygen atoms in total. The van der Waals surface area contributed by atoms with Crippen LogP contribution < -0.4 is 5.32 Å². The lowest BCUT2D eigenvalue weighted by atomic mass is 9.99. The Morgan fingerprint density at radius 1 is 1.53 bits per heavy atom. The van der Waals surface area contributed by atoms with Crippen molar-refractivity contribution in [2.75, 3.05) is 6.54 Å². The molecule has 1 N–H and O–H groups in total. The van der Waals surface area contributed by atoms with E-state index in [4.69, 9.17) is 11.6 Å². The molecule has 19 heavy (non-hydrogen) atoms. The highest BCUT2D eigenvalue weighted by molar-refractivity contribution is 6.31. The monoisotopic (exact) mass is 281 g/mol. The second kappa shape index (κ2) is 5.57. The summed E-state index contributed by atoms with van der Waals surface area (Å²) >= 11 is 6.05. The van der Waals surface area contributed by atoms with Crippen molar-refractivity contribution in [3.63, 3.8) is 0 Å². The molecule has 0 bridgehead atoms. The quantitative estimate of drug-likeness (QED) is 0.906. The maximum atomic E-state index is 12.0. The number of nitrogens with zero attached hydrogens (tertiary/aromatic N) is 2. The second-order valence-electron chi connectivity index (χ2n) is 4.90. The molecule has 1 unspecified atom stereocenters. The number of carbonyl (C=O) groups excluding carboxylic acids is 2. The molecule has 1 aliphatic rings. The van der Waals surface area contributed by atoms with Gasteiger partial charge < -0.3 is 10.2 Å². The van der Waals surface area contributed by atoms with Gasteiger partial charge in [0.1, 0.15) is 6.04 Å². The molecule has 2 amide bonds. The number of piperazine rings is 1. The maximum absolute atomic E-state index is 12.0. The smallest absolute Gasteiger partial charge is 0.243 e. The maximum Gasteiger partial charge on any atom is 0.243 e. The minimum Gasteiger partial charge on any atom is -0.345 e. The lowest BCUT2D eigenvalue weighted by Crippen LogP contribution is -2.59. The first-order valence-electron chi connectivity index (χ1n) is 6.16. The summed E-state index contributed by atoms with van der Waals surface area (Å²) in [6, 6.07) is 1.31. The minimum atomic E-state index is -0.453. The van der Waals surface area contributed by atoms with Crippen LogP contribution in [0.15, 0.2) is 18.5 Å². The van der Waals surface area contributed by atoms with Crippen molar-refractivity contribution in [3.05, 3.63) is 29.0 Å². The number of halogens is 1. The van der Waals surface area contributed by atoms with Gasteiger partial charge in [0.15, 0.2) is 0 Å². The Balaban J connectivity index is 2.26. The molecule has 0 radical (unpaired) electrons. The largest absolute Gasteiger partial charge is 0.345 e. The van der Waals surface area contributed by atoms with Crippen LogP contribution >= 0.6 is 11.6 Å². The van der Waals surface area contributed by atoms with Crippen molar-refractivity contribution in [2.24, 2.45) is 5.92 Å². The van der Waals surface area contributed by atoms with Gasteiger partial charge in [0.05, 0.1) is 11.6 Å². The highest BCUT2D eigenvalue weighted by Crippen LogP contribution is 2.21. The number of carbonyl (C=O) groups is 2. The van der Waals surface area contributed by atoms with E-state index in [-0.39, 0.29) is 24.3 Å². The van der Waals surface area contributed by atoms with Crippen molar-refractivity contribution in [3.8, 4) is 0 Å². The van der Waals surface area contributed by atoms with Crippen LogP contribution in [0.2, 0.25) is 5.02 Å². The molecule has 1 saturated heterocycles. The Hall–Kier alpha value is -1.62. The fourth-order valence-electron chi connectivity index (χ4n) is 2.23. The van der Waals surface area contributed by atoms with Crippen molar-refractivity contribution < 1.29 is 9.59 Å². The first-order valence-corrected chi connectivity index (χ1v) is 6.54. The van der Waals surface area contributed by atoms with Crippen LogP contribution in [0.25, 0.3) is 0 Å². The van der Waals surface area contributed by atoms with Gasteiger partial charge in [0.2, 0.25) is 11.8 Å². The van der Waals surface area contributed by atoms with E-state index in [1.807, 2.05) is 13.8 Å². The molecule has 6 heteroatoms. The molecule has 1 atom stereocenters. The Bertz CT molecular complexity index is 504. The van der Waals surface area contributed by atoms with Crippen LogP contribution in [0.5, 0.6) is 0 Å². The van der Waals surface area contributed by atoms with E-state index in [9.17, 15) is 9.59 Å². The van der Waals surface area contributed by atoms with Crippen LogP contribution in [0.4, 0.5) is 0 Å². The first-order chi connectivity index (χ1) is 9.00. The molecule has 1 aromatic heterocycles. The van der Waals surface area contributed by atoms with Gasteiger partial charge >= 0.3 is 0 Å². The zero-order chi connectivity index (χ0) is 14.0. The first kappa shape index (κ1) is 13.8. The van der Waals surface area contributed by atoms with Crippen LogP contribution in [-0.4, -0.2) is 34.3 Å². The van der Waals surface area contributed by atoms with Crippen molar-refractivity contribution >= 4 is 23.4 Å². The number of pyridine rings is 1. The number of amides is 2. The lowest BCUT2D eigenvalue weighted by molar-refractivity contribution is -0.148. The molecule has 2 rings (SSSR count). The summed E-state index contributed by atoms with van der Waals surface area (Å²) in [6.45, 7) is 4.22. The van der Waals surface area contributed by atoms with E-state index in [1.54, 1.807) is 17.2 Å². The van der Waals surface area contributed by atoms with Crippen LogP contribution in [0, 0.1) is 5.92 Å². The number of hydrogen-bond acceptors (Lipinski definition) is 3. The zero-order valence-electron chi connectivity index (χ0n) is 10.9. The van der Waals surface area contributed by atoms with Gasteiger partial charge in [-0.15, -0.1) is 0 Å². The molecule has 0 aromatic carbocycles. The Labute approximate surface area is 117 Å². The minimum absolute atomic E-state index is 0.0462. The fraction of sp³-hybridized carbons (Fsp3) is 0.462. The summed E-state index contributed by atoms with van der Waals surface area (Å²) in [4.78, 5) is 29.4. The van der Waals surface area contributed by atoms with Gasteiger partial charge in [-0.25, -0.2) is 0 Å². The standard InChI is InChI=1S/C13H16ClN3O2/c1-8(2)12-13(19)16-6-11(18)17(12)7-9-3-4-15-5-10(9)14/h3-5,8,12H,6-7H2,1-2H3,(H,16,19). The molecular formula is C13H16ClN3O2. The molecule has 102 valence electrons. The van der Waals surface area contributed by atoms with E-state index in [0.29, 0.717) is 11.6 Å². The second-order valence-corrected chi connectivity index (χ2v) is 5.30. The average molecular weight is 282 g/mol. The van der Waals surface area contributed by atoms with Crippen LogP contribution in [0.3, 0.4) is 0 Å². The normalized spacial score (nSPS) is 19.8. The summed E-state index contributed by atoms with van der Waals surface area (Å²) in [5.74, 6) is -0.157. The molecule has 1 aliphatic heterocycles. The van der Waals surface area contributed by atoms with Gasteiger partial charge in [0, 0.05) is 18.9 Å². The van der Waals surface area contributed by atoms with Gasteiger partial charge in [-0.05, 0) is 17.5 Å². The number of aromatic nitrogens is 1. The van der Waals surface area contributed by atoms with Gasteiger partial charge in [0.25, 0.3) is 0 Å². The number of rotatable bonds is 3. The zero-order valence-corrected chi connectivity index (χ0v) is 11.6. The summed E-state index contributed by atoms with van der Waals surface area (Å²) < 4.78 is 0. The summed E-state index contributed by atoms with van der Waals surface area (Å²) in [5.41, 5.74) is 0.797. The third-order valence-electron chi connectivity index (χ3n) is 3.17. The number of hydrogen-bond donors (Lipinski definition) is 1. The molecule has 0 saturated carbocycles. The molecule has 0 aliphatic carbocycles. The predicted molar refractivity (Wildman–Crippen MR) is 71.4 cm³/mol. The van der Waals surface area contributed by atoms with Crippen molar-refractivity contribution in [1.29, 1.82) is 0 Å². The van der Waals surface area contributed by atoms with Gasteiger partial charge in [-0.1, -0.05) is 25.4 Å². The fourth-order valence-corrected chi connectivity index (χ4v) is 2.41. The van der Waals surface area contributed by atoms with Crippen molar-refractivity contribution in [1.82, 2.24) is 15.2 Å². The average Bonchev–Trinajstić information content (AvgIpc) is 2.36. The lowest BCUT2D eigenvalue weighted by Gasteiger charge is -2.37. The summed E-state index contributed by atoms with van der Waals surface area (Å²) in [6.07, 6.45) is 3.16. The van der Waals surface area contributed by atoms with Crippen LogP contribution in [-0.2, 0) is 16.1 Å².